The van der Waals surface area contributed by atoms with Gasteiger partial charge >= 0.3 is 7.82 Å². The second-order valence-electron chi connectivity index (χ2n) is 12.4. The Bertz CT molecular complexity index is 933. The number of carbonyl (C=O) groups excluding carboxylic acids is 1. The van der Waals surface area contributed by atoms with Crippen LogP contribution < -0.4 is 11.1 Å². The number of nitrogens with one attached hydrogen (secondary N) is 1. The maximum atomic E-state index is 12.7. The van der Waals surface area contributed by atoms with Gasteiger partial charge in [-0.2, -0.15) is 0 Å². The summed E-state index contributed by atoms with van der Waals surface area (Å²) in [6, 6.07) is -0.884. The van der Waals surface area contributed by atoms with Crippen LogP contribution in [0.5, 0.6) is 0 Å². The molecule has 9 heteroatoms. The SMILES string of the molecule is CCCCC/C=C\C/C=C\C/C=C\CCCCCCCCC(=O)NC(COP(=O)(O)OCCN)C(O)/C=C/CC/C=C/CCCCCC. The van der Waals surface area contributed by atoms with Gasteiger partial charge in [0, 0.05) is 13.0 Å². The van der Waals surface area contributed by atoms with Crippen LogP contribution in [0.2, 0.25) is 0 Å². The summed E-state index contributed by atoms with van der Waals surface area (Å²) in [5.41, 5.74) is 5.34. The van der Waals surface area contributed by atoms with Crippen molar-refractivity contribution in [2.24, 2.45) is 5.73 Å². The number of rotatable bonds is 34. The summed E-state index contributed by atoms with van der Waals surface area (Å²) in [6.45, 7) is 4.01. The van der Waals surface area contributed by atoms with Crippen LogP contribution >= 0.6 is 7.82 Å². The van der Waals surface area contributed by atoms with Gasteiger partial charge < -0.3 is 21.1 Å². The van der Waals surface area contributed by atoms with E-state index in [4.69, 9.17) is 14.8 Å². The van der Waals surface area contributed by atoms with Crippen LogP contribution in [-0.2, 0) is 18.4 Å². The number of hydrogen-bond donors (Lipinski definition) is 4. The van der Waals surface area contributed by atoms with Crippen molar-refractivity contribution < 1.29 is 28.4 Å². The predicted molar refractivity (Wildman–Crippen MR) is 203 cm³/mol. The molecule has 0 aliphatic rings. The van der Waals surface area contributed by atoms with Gasteiger partial charge in [-0.25, -0.2) is 4.57 Å². The molecule has 0 saturated heterocycles. The van der Waals surface area contributed by atoms with Crippen LogP contribution in [0.15, 0.2) is 60.8 Å². The van der Waals surface area contributed by atoms with Crippen molar-refractivity contribution in [2.75, 3.05) is 19.8 Å². The van der Waals surface area contributed by atoms with Gasteiger partial charge in [0.25, 0.3) is 0 Å². The maximum Gasteiger partial charge on any atom is 0.472 e. The van der Waals surface area contributed by atoms with E-state index >= 15 is 0 Å². The fraction of sp³-hybridized carbons (Fsp3) is 0.718. The first-order chi connectivity index (χ1) is 23.4. The summed E-state index contributed by atoms with van der Waals surface area (Å²) in [6.07, 6.45) is 42.7. The van der Waals surface area contributed by atoms with Crippen LogP contribution in [0.4, 0.5) is 0 Å². The molecule has 3 unspecified atom stereocenters. The summed E-state index contributed by atoms with van der Waals surface area (Å²) in [7, 11) is -4.34. The van der Waals surface area contributed by atoms with Crippen molar-refractivity contribution >= 4 is 13.7 Å². The number of hydrogen-bond acceptors (Lipinski definition) is 6. The highest BCUT2D eigenvalue weighted by Crippen LogP contribution is 2.43. The van der Waals surface area contributed by atoms with Gasteiger partial charge in [0.2, 0.25) is 5.91 Å². The molecule has 278 valence electrons. The van der Waals surface area contributed by atoms with Crippen molar-refractivity contribution in [3.8, 4) is 0 Å². The first-order valence-electron chi connectivity index (χ1n) is 18.9. The van der Waals surface area contributed by atoms with Gasteiger partial charge in [0.15, 0.2) is 0 Å². The van der Waals surface area contributed by atoms with Crippen molar-refractivity contribution in [3.05, 3.63) is 60.8 Å². The summed E-state index contributed by atoms with van der Waals surface area (Å²) in [5.74, 6) is -0.222. The minimum absolute atomic E-state index is 0.0687. The van der Waals surface area contributed by atoms with E-state index in [9.17, 15) is 19.4 Å². The van der Waals surface area contributed by atoms with E-state index in [0.717, 1.165) is 64.2 Å². The number of amides is 1. The first-order valence-corrected chi connectivity index (χ1v) is 20.4. The molecule has 48 heavy (non-hydrogen) atoms. The summed E-state index contributed by atoms with van der Waals surface area (Å²) in [5, 5.41) is 13.5. The number of phosphoric acid groups is 1. The van der Waals surface area contributed by atoms with Gasteiger partial charge in [-0.3, -0.25) is 13.8 Å². The Morgan fingerprint density at radius 3 is 1.79 bits per heavy atom. The number of allylic oxidation sites excluding steroid dienone is 9. The number of nitrogens with two attached hydrogens (primary N) is 1. The van der Waals surface area contributed by atoms with Crippen molar-refractivity contribution in [1.29, 1.82) is 0 Å². The fourth-order valence-electron chi connectivity index (χ4n) is 4.92. The molecule has 0 aromatic heterocycles. The molecule has 0 radical (unpaired) electrons. The zero-order chi connectivity index (χ0) is 35.4. The Balaban J connectivity index is 4.32. The molecule has 0 heterocycles. The maximum absolute atomic E-state index is 12.7. The molecule has 0 aliphatic carbocycles. The van der Waals surface area contributed by atoms with Crippen LogP contribution in [0, 0.1) is 0 Å². The van der Waals surface area contributed by atoms with Crippen molar-refractivity contribution in [3.63, 3.8) is 0 Å². The Labute approximate surface area is 294 Å². The van der Waals surface area contributed by atoms with Crippen LogP contribution in [-0.4, -0.2) is 47.8 Å². The molecule has 0 saturated carbocycles. The molecule has 1 amide bonds. The van der Waals surface area contributed by atoms with E-state index < -0.39 is 20.0 Å². The van der Waals surface area contributed by atoms with E-state index in [0.29, 0.717) is 6.42 Å². The van der Waals surface area contributed by atoms with Crippen molar-refractivity contribution in [1.82, 2.24) is 5.32 Å². The van der Waals surface area contributed by atoms with Gasteiger partial charge in [-0.15, -0.1) is 0 Å². The fourth-order valence-corrected chi connectivity index (χ4v) is 5.68. The molecular weight excluding hydrogens is 623 g/mol. The quantitative estimate of drug-likeness (QED) is 0.0300. The lowest BCUT2D eigenvalue weighted by Crippen LogP contribution is -2.45. The third-order valence-corrected chi connectivity index (χ3v) is 8.80. The molecular formula is C39H71N2O6P. The Morgan fingerprint density at radius 1 is 0.688 bits per heavy atom. The van der Waals surface area contributed by atoms with E-state index in [1.807, 2.05) is 6.08 Å². The number of phosphoric ester groups is 1. The van der Waals surface area contributed by atoms with E-state index in [1.165, 1.54) is 64.2 Å². The number of aliphatic hydroxyl groups excluding tert-OH is 1. The third kappa shape index (κ3) is 32.7. The summed E-state index contributed by atoms with van der Waals surface area (Å²) < 4.78 is 22.0. The smallest absolute Gasteiger partial charge is 0.387 e. The lowest BCUT2D eigenvalue weighted by molar-refractivity contribution is -0.123. The molecule has 5 N–H and O–H groups in total. The molecule has 0 spiro atoms. The van der Waals surface area contributed by atoms with E-state index in [-0.39, 0.29) is 25.7 Å². The largest absolute Gasteiger partial charge is 0.472 e. The topological polar surface area (TPSA) is 131 Å². The van der Waals surface area contributed by atoms with Crippen LogP contribution in [0.3, 0.4) is 0 Å². The number of aliphatic hydroxyl groups is 1. The van der Waals surface area contributed by atoms with Gasteiger partial charge in [-0.1, -0.05) is 132 Å². The highest BCUT2D eigenvalue weighted by atomic mass is 31.2. The lowest BCUT2D eigenvalue weighted by atomic mass is 10.1. The molecule has 0 aromatic rings. The minimum atomic E-state index is -4.34. The Kier molecular flexibility index (Phi) is 33.7. The molecule has 0 bridgehead atoms. The molecule has 0 aromatic carbocycles. The molecule has 0 fully saturated rings. The predicted octanol–water partition coefficient (Wildman–Crippen LogP) is 9.94. The number of carbonyl (C=O) groups is 1. The number of unbranched alkanes of at least 4 members (excludes halogenated alkanes) is 14. The second kappa shape index (κ2) is 35.0. The van der Waals surface area contributed by atoms with E-state index in [1.54, 1.807) is 6.08 Å². The van der Waals surface area contributed by atoms with E-state index in [2.05, 4.69) is 67.8 Å². The Hall–Kier alpha value is -1.80. The zero-order valence-electron chi connectivity index (χ0n) is 30.5. The molecule has 0 rings (SSSR count). The summed E-state index contributed by atoms with van der Waals surface area (Å²) >= 11 is 0. The standard InChI is InChI=1S/C39H71N2O6P/c1-3-5-7-9-11-13-15-16-17-18-19-20-21-22-23-25-27-29-31-33-39(43)41-37(36-47-48(44,45)46-35-34-40)38(42)32-30-28-26-24-14-12-10-8-6-4-2/h11,13-14,16-17,19-20,24,30,32,37-38,42H,3-10,12,15,18,21-23,25-29,31,33-36,40H2,1-2H3,(H,41,43)(H,44,45)/b13-11-,17-16-,20-19-,24-14+,32-30+. The summed E-state index contributed by atoms with van der Waals surface area (Å²) in [4.78, 5) is 22.6. The van der Waals surface area contributed by atoms with Gasteiger partial charge in [0.05, 0.1) is 25.4 Å². The molecule has 3 atom stereocenters. The highest BCUT2D eigenvalue weighted by Gasteiger charge is 2.26. The second-order valence-corrected chi connectivity index (χ2v) is 13.9. The molecule has 0 aliphatic heterocycles. The highest BCUT2D eigenvalue weighted by molar-refractivity contribution is 7.47. The van der Waals surface area contributed by atoms with Crippen LogP contribution in [0.25, 0.3) is 0 Å². The lowest BCUT2D eigenvalue weighted by Gasteiger charge is -2.23. The average molecular weight is 695 g/mol. The monoisotopic (exact) mass is 695 g/mol. The van der Waals surface area contributed by atoms with Crippen LogP contribution in [0.1, 0.15) is 149 Å². The third-order valence-electron chi connectivity index (χ3n) is 7.82. The van der Waals surface area contributed by atoms with Crippen molar-refractivity contribution in [2.45, 2.75) is 161 Å². The zero-order valence-corrected chi connectivity index (χ0v) is 31.3. The average Bonchev–Trinajstić information content (AvgIpc) is 3.07. The molecule has 8 nitrogen and oxygen atoms in total. The normalized spacial score (nSPS) is 15.0. The van der Waals surface area contributed by atoms with Gasteiger partial charge in [-0.05, 0) is 70.6 Å². The first kappa shape index (κ1) is 46.2. The van der Waals surface area contributed by atoms with Gasteiger partial charge in [0.1, 0.15) is 0 Å². The minimum Gasteiger partial charge on any atom is -0.387 e. The Morgan fingerprint density at radius 2 is 1.17 bits per heavy atom.